The second-order valence-corrected chi connectivity index (χ2v) is 7.89. The van der Waals surface area contributed by atoms with Crippen LogP contribution in [0.5, 0.6) is 5.75 Å². The van der Waals surface area contributed by atoms with E-state index in [2.05, 4.69) is 6.92 Å². The second kappa shape index (κ2) is 7.99. The van der Waals surface area contributed by atoms with Crippen molar-refractivity contribution >= 4 is 10.0 Å². The number of hydrogen-bond donors (Lipinski definition) is 0. The second-order valence-electron chi connectivity index (χ2n) is 5.95. The summed E-state index contributed by atoms with van der Waals surface area (Å²) in [6.07, 6.45) is 0.988. The summed E-state index contributed by atoms with van der Waals surface area (Å²) in [4.78, 5) is 0.303. The SMILES string of the molecule is CCc1ccc(OCc2cccc(S(=O)(=O)N3CCOCC3)c2)cc1. The molecule has 0 amide bonds. The van der Waals surface area contributed by atoms with Gasteiger partial charge in [-0.05, 0) is 41.8 Å². The summed E-state index contributed by atoms with van der Waals surface area (Å²) in [5, 5.41) is 0. The number of nitrogens with zero attached hydrogens (tertiary/aromatic N) is 1. The van der Waals surface area contributed by atoms with Gasteiger partial charge in [-0.3, -0.25) is 0 Å². The highest BCUT2D eigenvalue weighted by Crippen LogP contribution is 2.20. The molecule has 0 aromatic heterocycles. The maximum atomic E-state index is 12.7. The summed E-state index contributed by atoms with van der Waals surface area (Å²) in [5.41, 5.74) is 2.08. The lowest BCUT2D eigenvalue weighted by Crippen LogP contribution is -2.40. The molecule has 5 nitrogen and oxygen atoms in total. The average Bonchev–Trinajstić information content (AvgIpc) is 2.67. The Morgan fingerprint density at radius 2 is 1.76 bits per heavy atom. The minimum Gasteiger partial charge on any atom is -0.489 e. The standard InChI is InChI=1S/C19H23NO4S/c1-2-16-6-8-18(9-7-16)24-15-17-4-3-5-19(14-17)25(21,22)20-10-12-23-13-11-20/h3-9,14H,2,10-13,15H2,1H3. The molecule has 1 aliphatic heterocycles. The lowest BCUT2D eigenvalue weighted by Gasteiger charge is -2.26. The van der Waals surface area contributed by atoms with Gasteiger partial charge in [0.25, 0.3) is 0 Å². The topological polar surface area (TPSA) is 55.8 Å². The van der Waals surface area contributed by atoms with Crippen molar-refractivity contribution in [3.8, 4) is 5.75 Å². The predicted molar refractivity (Wildman–Crippen MR) is 96.2 cm³/mol. The van der Waals surface area contributed by atoms with Gasteiger partial charge in [-0.2, -0.15) is 4.31 Å². The van der Waals surface area contributed by atoms with E-state index in [1.165, 1.54) is 9.87 Å². The van der Waals surface area contributed by atoms with Gasteiger partial charge in [0.15, 0.2) is 0 Å². The van der Waals surface area contributed by atoms with Gasteiger partial charge in [0.1, 0.15) is 12.4 Å². The number of aryl methyl sites for hydroxylation is 1. The van der Waals surface area contributed by atoms with Gasteiger partial charge >= 0.3 is 0 Å². The van der Waals surface area contributed by atoms with Gasteiger partial charge in [-0.15, -0.1) is 0 Å². The summed E-state index contributed by atoms with van der Waals surface area (Å²) in [5.74, 6) is 0.777. The molecule has 25 heavy (non-hydrogen) atoms. The molecule has 0 unspecified atom stereocenters. The van der Waals surface area contributed by atoms with Crippen molar-refractivity contribution < 1.29 is 17.9 Å². The highest BCUT2D eigenvalue weighted by atomic mass is 32.2. The molecule has 1 fully saturated rings. The van der Waals surface area contributed by atoms with Gasteiger partial charge in [-0.1, -0.05) is 31.2 Å². The van der Waals surface area contributed by atoms with Gasteiger partial charge in [-0.25, -0.2) is 8.42 Å². The summed E-state index contributed by atoms with van der Waals surface area (Å²) in [7, 11) is -3.48. The van der Waals surface area contributed by atoms with E-state index < -0.39 is 10.0 Å². The van der Waals surface area contributed by atoms with Crippen molar-refractivity contribution in [1.82, 2.24) is 4.31 Å². The van der Waals surface area contributed by atoms with Crippen LogP contribution in [0.1, 0.15) is 18.1 Å². The van der Waals surface area contributed by atoms with Gasteiger partial charge in [0.05, 0.1) is 18.1 Å². The third-order valence-corrected chi connectivity index (χ3v) is 6.14. The van der Waals surface area contributed by atoms with Gasteiger partial charge < -0.3 is 9.47 Å². The predicted octanol–water partition coefficient (Wildman–Crippen LogP) is 2.85. The maximum Gasteiger partial charge on any atom is 0.243 e. The zero-order valence-corrected chi connectivity index (χ0v) is 15.2. The Morgan fingerprint density at radius 3 is 2.44 bits per heavy atom. The Hall–Kier alpha value is -1.89. The van der Waals surface area contributed by atoms with E-state index in [0.29, 0.717) is 37.8 Å². The molecule has 2 aromatic carbocycles. The molecule has 0 spiro atoms. The van der Waals surface area contributed by atoms with Crippen LogP contribution in [0, 0.1) is 0 Å². The van der Waals surface area contributed by atoms with E-state index in [-0.39, 0.29) is 0 Å². The number of hydrogen-bond acceptors (Lipinski definition) is 4. The number of sulfonamides is 1. The van der Waals surface area contributed by atoms with E-state index in [4.69, 9.17) is 9.47 Å². The summed E-state index contributed by atoms with van der Waals surface area (Å²) in [6.45, 7) is 4.11. The highest BCUT2D eigenvalue weighted by Gasteiger charge is 2.26. The quantitative estimate of drug-likeness (QED) is 0.794. The van der Waals surface area contributed by atoms with Crippen LogP contribution in [-0.4, -0.2) is 39.0 Å². The third-order valence-electron chi connectivity index (χ3n) is 4.24. The summed E-state index contributed by atoms with van der Waals surface area (Å²) >= 11 is 0. The summed E-state index contributed by atoms with van der Waals surface area (Å²) < 4.78 is 37.9. The first kappa shape index (κ1) is 17.9. The zero-order valence-electron chi connectivity index (χ0n) is 14.3. The minimum atomic E-state index is -3.48. The molecule has 3 rings (SSSR count). The van der Waals surface area contributed by atoms with Crippen LogP contribution in [0.3, 0.4) is 0 Å². The fourth-order valence-corrected chi connectivity index (χ4v) is 4.20. The molecule has 1 saturated heterocycles. The molecule has 1 heterocycles. The lowest BCUT2D eigenvalue weighted by molar-refractivity contribution is 0.0730. The van der Waals surface area contributed by atoms with E-state index in [0.717, 1.165) is 17.7 Å². The number of rotatable bonds is 6. The molecular weight excluding hydrogens is 338 g/mol. The summed E-state index contributed by atoms with van der Waals surface area (Å²) in [6, 6.07) is 14.9. The highest BCUT2D eigenvalue weighted by molar-refractivity contribution is 7.89. The molecule has 0 saturated carbocycles. The van der Waals surface area contributed by atoms with Crippen molar-refractivity contribution in [2.24, 2.45) is 0 Å². The van der Waals surface area contributed by atoms with E-state index >= 15 is 0 Å². The largest absolute Gasteiger partial charge is 0.489 e. The Kier molecular flexibility index (Phi) is 5.73. The molecule has 1 aliphatic rings. The molecule has 134 valence electrons. The molecule has 0 radical (unpaired) electrons. The van der Waals surface area contributed by atoms with Crippen LogP contribution in [0.15, 0.2) is 53.4 Å². The zero-order chi connectivity index (χ0) is 17.7. The van der Waals surface area contributed by atoms with E-state index in [1.54, 1.807) is 18.2 Å². The monoisotopic (exact) mass is 361 g/mol. The maximum absolute atomic E-state index is 12.7. The van der Waals surface area contributed by atoms with Crippen LogP contribution >= 0.6 is 0 Å². The Morgan fingerprint density at radius 1 is 1.04 bits per heavy atom. The number of ether oxygens (including phenoxy) is 2. The smallest absolute Gasteiger partial charge is 0.243 e. The van der Waals surface area contributed by atoms with Crippen molar-refractivity contribution in [3.63, 3.8) is 0 Å². The molecule has 0 atom stereocenters. The van der Waals surface area contributed by atoms with Gasteiger partial charge in [0.2, 0.25) is 10.0 Å². The molecule has 0 bridgehead atoms. The van der Waals surface area contributed by atoms with Crippen molar-refractivity contribution in [2.45, 2.75) is 24.8 Å². The molecule has 6 heteroatoms. The van der Waals surface area contributed by atoms with Crippen LogP contribution in [0.4, 0.5) is 0 Å². The fraction of sp³-hybridized carbons (Fsp3) is 0.368. The molecular formula is C19H23NO4S. The lowest BCUT2D eigenvalue weighted by atomic mass is 10.2. The molecule has 2 aromatic rings. The Labute approximate surface area is 149 Å². The van der Waals surface area contributed by atoms with Crippen LogP contribution in [0.2, 0.25) is 0 Å². The molecule has 0 N–H and O–H groups in total. The molecule has 0 aliphatic carbocycles. The average molecular weight is 361 g/mol. The number of benzene rings is 2. The first-order chi connectivity index (χ1) is 12.1. The Balaban J connectivity index is 1.70. The fourth-order valence-electron chi connectivity index (χ4n) is 2.72. The first-order valence-electron chi connectivity index (χ1n) is 8.48. The van der Waals surface area contributed by atoms with Crippen molar-refractivity contribution in [1.29, 1.82) is 0 Å². The first-order valence-corrected chi connectivity index (χ1v) is 9.92. The van der Waals surface area contributed by atoms with Crippen LogP contribution in [0.25, 0.3) is 0 Å². The van der Waals surface area contributed by atoms with E-state index in [9.17, 15) is 8.42 Å². The van der Waals surface area contributed by atoms with Crippen LogP contribution < -0.4 is 4.74 Å². The van der Waals surface area contributed by atoms with Crippen molar-refractivity contribution in [2.75, 3.05) is 26.3 Å². The number of morpholine rings is 1. The van der Waals surface area contributed by atoms with E-state index in [1.807, 2.05) is 30.3 Å². The third kappa shape index (κ3) is 4.39. The van der Waals surface area contributed by atoms with Crippen LogP contribution in [-0.2, 0) is 27.8 Å². The minimum absolute atomic E-state index is 0.303. The normalized spacial score (nSPS) is 15.9. The van der Waals surface area contributed by atoms with Gasteiger partial charge in [0, 0.05) is 13.1 Å². The Bertz CT molecular complexity index is 796. The van der Waals surface area contributed by atoms with Crippen molar-refractivity contribution in [3.05, 3.63) is 59.7 Å².